The highest BCUT2D eigenvalue weighted by Crippen LogP contribution is 2.28. The first-order chi connectivity index (χ1) is 15.2. The van der Waals surface area contributed by atoms with Crippen molar-refractivity contribution in [3.05, 3.63) is 65.2 Å². The highest BCUT2D eigenvalue weighted by molar-refractivity contribution is 9.25. The van der Waals surface area contributed by atoms with Crippen molar-refractivity contribution in [2.45, 2.75) is 7.47 Å². The van der Waals surface area contributed by atoms with E-state index in [-0.39, 0.29) is 28.5 Å². The summed E-state index contributed by atoms with van der Waals surface area (Å²) in [6.07, 6.45) is 0. The first-order valence-electron chi connectivity index (χ1n) is 8.72. The van der Waals surface area contributed by atoms with E-state index in [1.165, 1.54) is 18.2 Å². The quantitative estimate of drug-likeness (QED) is 0.185. The van der Waals surface area contributed by atoms with E-state index in [4.69, 9.17) is 0 Å². The summed E-state index contributed by atoms with van der Waals surface area (Å²) < 4.78 is 7.11. The highest BCUT2D eigenvalue weighted by atomic mass is 79.9. The Morgan fingerprint density at radius 1 is 0.781 bits per heavy atom. The van der Waals surface area contributed by atoms with Gasteiger partial charge in [0, 0.05) is 22.3 Å². The van der Waals surface area contributed by atoms with Gasteiger partial charge >= 0.3 is 0 Å². The molecule has 0 fully saturated rings. The maximum Gasteiger partial charge on any atom is 0.298 e. The largest absolute Gasteiger partial charge is 0.301 e. The molecule has 0 aliphatic rings. The van der Waals surface area contributed by atoms with Gasteiger partial charge in [-0.05, 0) is 12.1 Å². The average Bonchev–Trinajstić information content (AvgIpc) is 3.25. The second-order valence-electron chi connectivity index (χ2n) is 6.24. The molecule has 12 heteroatoms. The SMILES string of the molecule is O=C(Nc1nsnc1-c1cccc(C(=O)C(Br)Br)c1)C(=O)c1cccc(C(=O)C(Br)Br)c1. The van der Waals surface area contributed by atoms with Crippen LogP contribution in [0.4, 0.5) is 5.82 Å². The summed E-state index contributed by atoms with van der Waals surface area (Å²) in [6.45, 7) is 0. The first kappa shape index (κ1) is 25.0. The molecule has 0 aliphatic heterocycles. The van der Waals surface area contributed by atoms with Crippen molar-refractivity contribution in [2.24, 2.45) is 0 Å². The lowest BCUT2D eigenvalue weighted by Crippen LogP contribution is -2.23. The predicted octanol–water partition coefficient (Wildman–Crippen LogP) is 5.62. The molecule has 32 heavy (non-hydrogen) atoms. The van der Waals surface area contributed by atoms with E-state index in [9.17, 15) is 19.2 Å². The topological polar surface area (TPSA) is 106 Å². The lowest BCUT2D eigenvalue weighted by atomic mass is 10.0. The maximum atomic E-state index is 12.6. The number of benzene rings is 2. The van der Waals surface area contributed by atoms with Crippen molar-refractivity contribution in [3.63, 3.8) is 0 Å². The van der Waals surface area contributed by atoms with Crippen LogP contribution in [0.15, 0.2) is 48.5 Å². The third kappa shape index (κ3) is 5.84. The predicted molar refractivity (Wildman–Crippen MR) is 137 cm³/mol. The second kappa shape index (κ2) is 11.0. The third-order valence-electron chi connectivity index (χ3n) is 4.15. The summed E-state index contributed by atoms with van der Waals surface area (Å²) in [6, 6.07) is 12.6. The molecule has 2 aromatic carbocycles. The molecular formula is C20H11Br4N3O4S. The van der Waals surface area contributed by atoms with E-state index < -0.39 is 19.2 Å². The van der Waals surface area contributed by atoms with Gasteiger partial charge in [-0.2, -0.15) is 8.75 Å². The summed E-state index contributed by atoms with van der Waals surface area (Å²) in [5.41, 5.74) is 1.66. The number of amides is 1. The van der Waals surface area contributed by atoms with Crippen LogP contribution in [0.2, 0.25) is 0 Å². The first-order valence-corrected chi connectivity index (χ1v) is 13.1. The Balaban J connectivity index is 1.83. The number of ketones is 3. The molecular weight excluding hydrogens is 698 g/mol. The minimum Gasteiger partial charge on any atom is -0.301 e. The van der Waals surface area contributed by atoms with Gasteiger partial charge in [0.1, 0.15) is 13.2 Å². The van der Waals surface area contributed by atoms with E-state index in [0.717, 1.165) is 11.7 Å². The van der Waals surface area contributed by atoms with Crippen LogP contribution in [0.5, 0.6) is 0 Å². The standard InChI is InChI=1S/C20H11Br4N3O4S/c21-17(22)14(28)10-4-1-3-9(7-10)13-19(27-32-26-13)25-20(31)16(30)12-6-2-5-11(8-12)15(29)18(23)24/h1-8,17-18H,(H,25,27,31). The van der Waals surface area contributed by atoms with Gasteiger partial charge in [0.15, 0.2) is 17.4 Å². The summed E-state index contributed by atoms with van der Waals surface area (Å²) >= 11 is 13.5. The molecule has 3 aromatic rings. The second-order valence-corrected chi connectivity index (χ2v) is 12.9. The number of carbonyl (C=O) groups is 4. The zero-order valence-electron chi connectivity index (χ0n) is 15.7. The summed E-state index contributed by atoms with van der Waals surface area (Å²) in [7, 11) is 0. The van der Waals surface area contributed by atoms with Gasteiger partial charge < -0.3 is 5.32 Å². The molecule has 0 saturated heterocycles. The fourth-order valence-corrected chi connectivity index (χ4v) is 4.23. The molecule has 0 atom stereocenters. The molecule has 0 spiro atoms. The number of anilines is 1. The molecule has 164 valence electrons. The lowest BCUT2D eigenvalue weighted by Gasteiger charge is -2.07. The number of hydrogen-bond acceptors (Lipinski definition) is 7. The number of nitrogens with zero attached hydrogens (tertiary/aromatic N) is 2. The Morgan fingerprint density at radius 2 is 1.34 bits per heavy atom. The van der Waals surface area contributed by atoms with Gasteiger partial charge in [-0.25, -0.2) is 0 Å². The summed E-state index contributed by atoms with van der Waals surface area (Å²) in [4.78, 5) is 49.5. The summed E-state index contributed by atoms with van der Waals surface area (Å²) in [5.74, 6) is -2.12. The molecule has 7 nitrogen and oxygen atoms in total. The van der Waals surface area contributed by atoms with Gasteiger partial charge in [-0.1, -0.05) is 100 Å². The molecule has 0 radical (unpaired) electrons. The van der Waals surface area contributed by atoms with Crippen molar-refractivity contribution in [1.29, 1.82) is 0 Å². The minimum absolute atomic E-state index is 0.0621. The van der Waals surface area contributed by atoms with Gasteiger partial charge in [0.05, 0.1) is 11.7 Å². The van der Waals surface area contributed by atoms with Crippen LogP contribution in [-0.4, -0.2) is 39.5 Å². The lowest BCUT2D eigenvalue weighted by molar-refractivity contribution is -0.112. The van der Waals surface area contributed by atoms with Gasteiger partial charge in [0.25, 0.3) is 11.7 Å². The van der Waals surface area contributed by atoms with Crippen molar-refractivity contribution >= 4 is 105 Å². The van der Waals surface area contributed by atoms with Crippen LogP contribution in [-0.2, 0) is 4.79 Å². The number of carbonyl (C=O) groups excluding carboxylic acids is 4. The number of rotatable bonds is 8. The molecule has 0 aliphatic carbocycles. The average molecular weight is 709 g/mol. The van der Waals surface area contributed by atoms with Crippen molar-refractivity contribution in [1.82, 2.24) is 8.75 Å². The van der Waals surface area contributed by atoms with Gasteiger partial charge in [-0.3, -0.25) is 19.2 Å². The zero-order valence-corrected chi connectivity index (χ0v) is 22.9. The smallest absolute Gasteiger partial charge is 0.298 e. The van der Waals surface area contributed by atoms with E-state index >= 15 is 0 Å². The van der Waals surface area contributed by atoms with Crippen molar-refractivity contribution in [2.75, 3.05) is 5.32 Å². The van der Waals surface area contributed by atoms with Crippen molar-refractivity contribution in [3.8, 4) is 11.3 Å². The normalized spacial score (nSPS) is 10.9. The van der Waals surface area contributed by atoms with Crippen molar-refractivity contribution < 1.29 is 19.2 Å². The number of alkyl halides is 4. The van der Waals surface area contributed by atoms with E-state index in [2.05, 4.69) is 77.8 Å². The number of halogens is 4. The minimum atomic E-state index is -0.925. The Labute approximate surface area is 220 Å². The molecule has 1 heterocycles. The molecule has 1 N–H and O–H groups in total. The Bertz CT molecular complexity index is 1210. The monoisotopic (exact) mass is 705 g/mol. The van der Waals surface area contributed by atoms with Crippen LogP contribution in [0, 0.1) is 0 Å². The Morgan fingerprint density at radius 3 is 1.97 bits per heavy atom. The van der Waals surface area contributed by atoms with Gasteiger partial charge in [0.2, 0.25) is 0 Å². The molecule has 1 amide bonds. The van der Waals surface area contributed by atoms with Crippen LogP contribution in [0.25, 0.3) is 11.3 Å². The number of aromatic nitrogens is 2. The molecule has 1 aromatic heterocycles. The van der Waals surface area contributed by atoms with E-state index in [0.29, 0.717) is 16.8 Å². The zero-order chi connectivity index (χ0) is 23.4. The van der Waals surface area contributed by atoms with Crippen LogP contribution >= 0.6 is 75.4 Å². The van der Waals surface area contributed by atoms with Crippen LogP contribution in [0.1, 0.15) is 31.1 Å². The van der Waals surface area contributed by atoms with E-state index in [1.807, 2.05) is 0 Å². The molecule has 0 unspecified atom stereocenters. The molecule has 3 rings (SSSR count). The highest BCUT2D eigenvalue weighted by Gasteiger charge is 2.23. The van der Waals surface area contributed by atoms with Crippen LogP contribution < -0.4 is 5.32 Å². The summed E-state index contributed by atoms with van der Waals surface area (Å²) in [5, 5.41) is 2.47. The fraction of sp³-hybridized carbons (Fsp3) is 0.100. The number of Topliss-reactive ketones (excluding diaryl/α,β-unsaturated/α-hetero) is 3. The van der Waals surface area contributed by atoms with E-state index in [1.54, 1.807) is 30.3 Å². The molecule has 0 bridgehead atoms. The maximum absolute atomic E-state index is 12.6. The fourth-order valence-electron chi connectivity index (χ4n) is 2.64. The van der Waals surface area contributed by atoms with Crippen LogP contribution in [0.3, 0.4) is 0 Å². The Hall–Kier alpha value is -1.60. The number of hydrogen-bond donors (Lipinski definition) is 1. The number of nitrogens with one attached hydrogen (secondary N) is 1. The third-order valence-corrected chi connectivity index (χ3v) is 6.34. The Kier molecular flexibility index (Phi) is 8.62. The molecule has 0 saturated carbocycles. The van der Waals surface area contributed by atoms with Gasteiger partial charge in [-0.15, -0.1) is 0 Å².